The second-order valence-corrected chi connectivity index (χ2v) is 6.73. The molecule has 0 saturated carbocycles. The molecule has 0 amide bonds. The van der Waals surface area contributed by atoms with Crippen molar-refractivity contribution in [1.82, 2.24) is 14.8 Å². The van der Waals surface area contributed by atoms with E-state index in [1.807, 2.05) is 10.6 Å². The van der Waals surface area contributed by atoms with Crippen molar-refractivity contribution in [3.05, 3.63) is 58.1 Å². The maximum Gasteiger partial charge on any atom is 1.00 e. The Kier molecular flexibility index (Phi) is 7.83. The summed E-state index contributed by atoms with van der Waals surface area (Å²) in [6.07, 6.45) is 2.38. The van der Waals surface area contributed by atoms with Crippen molar-refractivity contribution >= 4 is 32.7 Å². The number of aryl methyl sites for hydroxylation is 2. The first-order chi connectivity index (χ1) is 12.1. The van der Waals surface area contributed by atoms with Crippen LogP contribution in [0.2, 0.25) is 0 Å². The average Bonchev–Trinajstić information content (AvgIpc) is 2.95. The van der Waals surface area contributed by atoms with Crippen molar-refractivity contribution in [3.8, 4) is 0 Å². The zero-order valence-electron chi connectivity index (χ0n) is 15.0. The van der Waals surface area contributed by atoms with Gasteiger partial charge < -0.3 is 14.5 Å². The quantitative estimate of drug-likeness (QED) is 0.496. The smallest absolute Gasteiger partial charge is 0.550 e. The molecule has 0 N–H and O–H groups in total. The molecule has 0 bridgehead atoms. The number of hydrogen-bond donors (Lipinski definition) is 0. The maximum atomic E-state index is 10.7. The molecule has 0 unspecified atom stereocenters. The fourth-order valence-corrected chi connectivity index (χ4v) is 3.50. The average molecular weight is 424 g/mol. The standard InChI is InChI=1S/C19H20BrN3O2.Na/c1-2-5-13-8-9-14(16-7-4-3-6-15(13)16)12-23-17(10-11-18(24)25)21-22-19(23)20;/h3-4,6-9H,2,5,10-12H2,1H3,(H,24,25);/q;+1/p-1. The van der Waals surface area contributed by atoms with Crippen LogP contribution in [0, 0.1) is 0 Å². The number of carboxylic acid groups (broad SMARTS) is 1. The van der Waals surface area contributed by atoms with E-state index in [0.29, 0.717) is 23.5 Å². The molecule has 0 radical (unpaired) electrons. The van der Waals surface area contributed by atoms with Crippen LogP contribution in [0.5, 0.6) is 0 Å². The molecule has 0 aliphatic carbocycles. The van der Waals surface area contributed by atoms with E-state index in [0.717, 1.165) is 18.4 Å². The first-order valence-electron chi connectivity index (χ1n) is 8.37. The van der Waals surface area contributed by atoms with Gasteiger partial charge in [0.25, 0.3) is 0 Å². The van der Waals surface area contributed by atoms with Gasteiger partial charge in [0.1, 0.15) is 5.82 Å². The number of rotatable bonds is 7. The van der Waals surface area contributed by atoms with Gasteiger partial charge in [-0.2, -0.15) is 0 Å². The molecule has 0 aliphatic rings. The Morgan fingerprint density at radius 2 is 1.73 bits per heavy atom. The molecule has 1 heterocycles. The van der Waals surface area contributed by atoms with Gasteiger partial charge in [-0.25, -0.2) is 0 Å². The van der Waals surface area contributed by atoms with Crippen molar-refractivity contribution in [1.29, 1.82) is 0 Å². The van der Waals surface area contributed by atoms with Crippen LogP contribution >= 0.6 is 15.9 Å². The number of fused-ring (bicyclic) bond motifs is 1. The Labute approximate surface area is 183 Å². The fourth-order valence-electron chi connectivity index (χ4n) is 3.09. The van der Waals surface area contributed by atoms with Gasteiger partial charge >= 0.3 is 29.6 Å². The topological polar surface area (TPSA) is 70.8 Å². The van der Waals surface area contributed by atoms with Gasteiger partial charge in [0.2, 0.25) is 0 Å². The molecule has 5 nitrogen and oxygen atoms in total. The Hall–Kier alpha value is -1.21. The minimum Gasteiger partial charge on any atom is -0.550 e. The maximum absolute atomic E-state index is 10.7. The summed E-state index contributed by atoms with van der Waals surface area (Å²) in [6, 6.07) is 12.7. The molecular weight excluding hydrogens is 405 g/mol. The molecule has 3 aromatic rings. The van der Waals surface area contributed by atoms with Gasteiger partial charge in [-0.3, -0.25) is 0 Å². The summed E-state index contributed by atoms with van der Waals surface area (Å²) in [5.41, 5.74) is 2.51. The van der Waals surface area contributed by atoms with E-state index in [2.05, 4.69) is 63.4 Å². The summed E-state index contributed by atoms with van der Waals surface area (Å²) in [7, 11) is 0. The Morgan fingerprint density at radius 1 is 1.08 bits per heavy atom. The third kappa shape index (κ3) is 4.74. The normalized spacial score (nSPS) is 10.7. The minimum absolute atomic E-state index is 0. The molecule has 0 spiro atoms. The second kappa shape index (κ2) is 9.65. The van der Waals surface area contributed by atoms with E-state index >= 15 is 0 Å². The van der Waals surface area contributed by atoms with Crippen LogP contribution in [-0.2, 0) is 24.2 Å². The Morgan fingerprint density at radius 3 is 2.38 bits per heavy atom. The van der Waals surface area contributed by atoms with Gasteiger partial charge in [0, 0.05) is 12.4 Å². The first kappa shape index (κ1) is 21.1. The third-order valence-electron chi connectivity index (χ3n) is 4.29. The van der Waals surface area contributed by atoms with Gasteiger partial charge in [0.05, 0.1) is 6.54 Å². The van der Waals surface area contributed by atoms with E-state index in [-0.39, 0.29) is 36.0 Å². The third-order valence-corrected chi connectivity index (χ3v) is 4.87. The molecule has 0 fully saturated rings. The zero-order valence-corrected chi connectivity index (χ0v) is 18.6. The number of carboxylic acids is 1. The predicted octanol–water partition coefficient (Wildman–Crippen LogP) is -0.119. The molecule has 26 heavy (non-hydrogen) atoms. The van der Waals surface area contributed by atoms with Crippen LogP contribution in [0.15, 0.2) is 41.1 Å². The number of aromatic nitrogens is 3. The van der Waals surface area contributed by atoms with E-state index in [1.165, 1.54) is 16.3 Å². The number of aliphatic carboxylic acids is 1. The number of hydrogen-bond acceptors (Lipinski definition) is 4. The van der Waals surface area contributed by atoms with Crippen molar-refractivity contribution in [2.75, 3.05) is 0 Å². The summed E-state index contributed by atoms with van der Waals surface area (Å²) in [5.74, 6) is -0.446. The van der Waals surface area contributed by atoms with Crippen molar-refractivity contribution in [3.63, 3.8) is 0 Å². The summed E-state index contributed by atoms with van der Waals surface area (Å²) in [5, 5.41) is 21.3. The SMILES string of the molecule is CCCc1ccc(Cn2c(Br)nnc2CCC(=O)[O-])c2ccccc12.[Na+]. The van der Waals surface area contributed by atoms with Crippen molar-refractivity contribution < 1.29 is 39.5 Å². The van der Waals surface area contributed by atoms with Crippen molar-refractivity contribution in [2.24, 2.45) is 0 Å². The van der Waals surface area contributed by atoms with Gasteiger partial charge in [0.15, 0.2) is 4.73 Å². The molecular formula is C19H19BrN3NaO2. The van der Waals surface area contributed by atoms with Crippen molar-refractivity contribution in [2.45, 2.75) is 39.2 Å². The zero-order chi connectivity index (χ0) is 17.8. The molecule has 130 valence electrons. The molecule has 2 aromatic carbocycles. The van der Waals surface area contributed by atoms with Crippen LogP contribution < -0.4 is 34.7 Å². The molecule has 0 saturated heterocycles. The Bertz CT molecular complexity index is 911. The van der Waals surface area contributed by atoms with Gasteiger partial charge in [-0.05, 0) is 50.7 Å². The summed E-state index contributed by atoms with van der Waals surface area (Å²) in [6.45, 7) is 2.77. The summed E-state index contributed by atoms with van der Waals surface area (Å²) < 4.78 is 2.51. The number of halogens is 1. The van der Waals surface area contributed by atoms with Crippen LogP contribution in [0.3, 0.4) is 0 Å². The molecule has 3 rings (SSSR count). The largest absolute Gasteiger partial charge is 1.00 e. The molecule has 0 atom stereocenters. The first-order valence-corrected chi connectivity index (χ1v) is 9.16. The molecule has 0 aliphatic heterocycles. The fraction of sp³-hybridized carbons (Fsp3) is 0.316. The van der Waals surface area contributed by atoms with E-state index in [4.69, 9.17) is 0 Å². The van der Waals surface area contributed by atoms with Crippen LogP contribution in [-0.4, -0.2) is 20.7 Å². The van der Waals surface area contributed by atoms with Crippen LogP contribution in [0.4, 0.5) is 0 Å². The molecule has 7 heteroatoms. The predicted molar refractivity (Wildman–Crippen MR) is 98.1 cm³/mol. The van der Waals surface area contributed by atoms with Gasteiger partial charge in [-0.15, -0.1) is 10.2 Å². The number of nitrogens with zero attached hydrogens (tertiary/aromatic N) is 3. The number of benzene rings is 2. The van der Waals surface area contributed by atoms with E-state index in [1.54, 1.807) is 0 Å². The number of carbonyl (C=O) groups excluding carboxylic acids is 1. The van der Waals surface area contributed by atoms with E-state index < -0.39 is 5.97 Å². The monoisotopic (exact) mass is 423 g/mol. The van der Waals surface area contributed by atoms with Crippen LogP contribution in [0.25, 0.3) is 10.8 Å². The van der Waals surface area contributed by atoms with Gasteiger partial charge in [-0.1, -0.05) is 49.7 Å². The summed E-state index contributed by atoms with van der Waals surface area (Å²) >= 11 is 3.41. The Balaban J connectivity index is 0.00000243. The summed E-state index contributed by atoms with van der Waals surface area (Å²) in [4.78, 5) is 10.7. The van der Waals surface area contributed by atoms with Crippen LogP contribution in [0.1, 0.15) is 36.7 Å². The minimum atomic E-state index is -1.08. The number of carbonyl (C=O) groups is 1. The molecule has 1 aromatic heterocycles. The van der Waals surface area contributed by atoms with E-state index in [9.17, 15) is 9.90 Å². The second-order valence-electron chi connectivity index (χ2n) is 6.02.